The molecule has 0 radical (unpaired) electrons. The van der Waals surface area contributed by atoms with Crippen LogP contribution in [0, 0.1) is 11.3 Å². The van der Waals surface area contributed by atoms with Gasteiger partial charge in [0.1, 0.15) is 0 Å². The van der Waals surface area contributed by atoms with E-state index in [-0.39, 0.29) is 11.4 Å². The summed E-state index contributed by atoms with van der Waals surface area (Å²) in [4.78, 5) is 11.5. The van der Waals surface area contributed by atoms with Crippen molar-refractivity contribution in [2.75, 3.05) is 6.61 Å². The van der Waals surface area contributed by atoms with E-state index >= 15 is 0 Å². The summed E-state index contributed by atoms with van der Waals surface area (Å²) in [5.41, 5.74) is -0.355. The lowest BCUT2D eigenvalue weighted by atomic mass is 9.87. The Balaban J connectivity index is 2.12. The predicted molar refractivity (Wildman–Crippen MR) is 61.6 cm³/mol. The number of carbonyl (C=O) groups excluding carboxylic acids is 1. The van der Waals surface area contributed by atoms with E-state index < -0.39 is 0 Å². The zero-order valence-electron chi connectivity index (χ0n) is 10.3. The molecule has 0 aromatic carbocycles. The molecule has 0 amide bonds. The van der Waals surface area contributed by atoms with E-state index in [1.807, 2.05) is 20.8 Å². The minimum absolute atomic E-state index is 0.0710. The number of hydrogen-bond acceptors (Lipinski definition) is 2. The third kappa shape index (κ3) is 4.67. The molecule has 15 heavy (non-hydrogen) atoms. The minimum atomic E-state index is -0.355. The molecule has 0 saturated heterocycles. The Hall–Kier alpha value is -0.530. The summed E-state index contributed by atoms with van der Waals surface area (Å²) < 4.78 is 5.27. The highest BCUT2D eigenvalue weighted by Gasteiger charge is 2.23. The van der Waals surface area contributed by atoms with Gasteiger partial charge in [0.25, 0.3) is 0 Å². The Morgan fingerprint density at radius 1 is 1.20 bits per heavy atom. The maximum absolute atomic E-state index is 11.5. The Labute approximate surface area is 93.4 Å². The molecular weight excluding hydrogens is 188 g/mol. The standard InChI is InChI=1S/C13H24O2/c1-13(2,3)12(14)15-10-9-11-7-5-4-6-8-11/h11H,4-10H2,1-3H3. The topological polar surface area (TPSA) is 26.3 Å². The molecule has 0 aromatic heterocycles. The van der Waals surface area contributed by atoms with Gasteiger partial charge in [0.05, 0.1) is 12.0 Å². The van der Waals surface area contributed by atoms with Crippen molar-refractivity contribution in [1.29, 1.82) is 0 Å². The Bertz CT molecular complexity index is 197. The molecule has 0 aromatic rings. The zero-order chi connectivity index (χ0) is 11.3. The van der Waals surface area contributed by atoms with Crippen LogP contribution in [-0.2, 0) is 9.53 Å². The van der Waals surface area contributed by atoms with Crippen LogP contribution in [0.5, 0.6) is 0 Å². The fourth-order valence-corrected chi connectivity index (χ4v) is 2.01. The fourth-order valence-electron chi connectivity index (χ4n) is 2.01. The van der Waals surface area contributed by atoms with Crippen LogP contribution in [-0.4, -0.2) is 12.6 Å². The van der Waals surface area contributed by atoms with E-state index in [2.05, 4.69) is 0 Å². The quantitative estimate of drug-likeness (QED) is 0.669. The third-order valence-corrected chi connectivity index (χ3v) is 3.10. The maximum Gasteiger partial charge on any atom is 0.311 e. The van der Waals surface area contributed by atoms with Crippen LogP contribution in [0.4, 0.5) is 0 Å². The molecular formula is C13H24O2. The van der Waals surface area contributed by atoms with Crippen molar-refractivity contribution in [2.24, 2.45) is 11.3 Å². The molecule has 1 fully saturated rings. The van der Waals surface area contributed by atoms with E-state index in [1.54, 1.807) is 0 Å². The SMILES string of the molecule is CC(C)(C)C(=O)OCCC1CCCCC1. The summed E-state index contributed by atoms with van der Waals surface area (Å²) in [6.45, 7) is 6.31. The molecule has 0 aliphatic heterocycles. The van der Waals surface area contributed by atoms with Gasteiger partial charge in [0.15, 0.2) is 0 Å². The van der Waals surface area contributed by atoms with Crippen LogP contribution >= 0.6 is 0 Å². The average molecular weight is 212 g/mol. The van der Waals surface area contributed by atoms with E-state index in [9.17, 15) is 4.79 Å². The maximum atomic E-state index is 11.5. The normalized spacial score (nSPS) is 18.9. The highest BCUT2D eigenvalue weighted by Crippen LogP contribution is 2.26. The molecule has 0 N–H and O–H groups in total. The Morgan fingerprint density at radius 2 is 1.80 bits per heavy atom. The van der Waals surface area contributed by atoms with Crippen LogP contribution in [0.25, 0.3) is 0 Å². The first kappa shape index (κ1) is 12.5. The number of carbonyl (C=O) groups is 1. The van der Waals surface area contributed by atoms with Gasteiger partial charge in [-0.1, -0.05) is 32.1 Å². The molecule has 0 bridgehead atoms. The Kier molecular flexibility index (Phi) is 4.62. The van der Waals surface area contributed by atoms with Crippen LogP contribution in [0.2, 0.25) is 0 Å². The molecule has 0 heterocycles. The number of hydrogen-bond donors (Lipinski definition) is 0. The second kappa shape index (κ2) is 5.53. The molecule has 1 aliphatic carbocycles. The minimum Gasteiger partial charge on any atom is -0.465 e. The molecule has 0 spiro atoms. The highest BCUT2D eigenvalue weighted by atomic mass is 16.5. The van der Waals surface area contributed by atoms with Crippen LogP contribution < -0.4 is 0 Å². The first-order chi connectivity index (χ1) is 7.00. The first-order valence-corrected chi connectivity index (χ1v) is 6.17. The monoisotopic (exact) mass is 212 g/mol. The van der Waals surface area contributed by atoms with Crippen LogP contribution in [0.15, 0.2) is 0 Å². The molecule has 0 unspecified atom stereocenters. The number of ether oxygens (including phenoxy) is 1. The molecule has 1 aliphatic rings. The molecule has 0 atom stereocenters. The smallest absolute Gasteiger partial charge is 0.311 e. The summed E-state index contributed by atoms with van der Waals surface area (Å²) in [7, 11) is 0. The highest BCUT2D eigenvalue weighted by molar-refractivity contribution is 5.75. The summed E-state index contributed by atoms with van der Waals surface area (Å²) in [5.74, 6) is 0.727. The second-order valence-corrected chi connectivity index (χ2v) is 5.68. The first-order valence-electron chi connectivity index (χ1n) is 6.17. The molecule has 1 saturated carbocycles. The van der Waals surface area contributed by atoms with E-state index in [0.29, 0.717) is 6.61 Å². The van der Waals surface area contributed by atoms with Crippen molar-refractivity contribution in [3.63, 3.8) is 0 Å². The van der Waals surface area contributed by atoms with Gasteiger partial charge in [-0.2, -0.15) is 0 Å². The zero-order valence-corrected chi connectivity index (χ0v) is 10.3. The van der Waals surface area contributed by atoms with E-state index in [0.717, 1.165) is 12.3 Å². The van der Waals surface area contributed by atoms with E-state index in [1.165, 1.54) is 32.1 Å². The molecule has 2 nitrogen and oxygen atoms in total. The summed E-state index contributed by atoms with van der Waals surface area (Å²) >= 11 is 0. The van der Waals surface area contributed by atoms with Crippen molar-refractivity contribution >= 4 is 5.97 Å². The predicted octanol–water partition coefficient (Wildman–Crippen LogP) is 3.55. The van der Waals surface area contributed by atoms with Crippen molar-refractivity contribution in [3.05, 3.63) is 0 Å². The average Bonchev–Trinajstić information content (AvgIpc) is 2.18. The summed E-state index contributed by atoms with van der Waals surface area (Å²) in [6.07, 6.45) is 7.82. The number of rotatable bonds is 3. The van der Waals surface area contributed by atoms with Crippen LogP contribution in [0.1, 0.15) is 59.3 Å². The lowest BCUT2D eigenvalue weighted by Crippen LogP contribution is -2.24. The van der Waals surface area contributed by atoms with Gasteiger partial charge in [-0.15, -0.1) is 0 Å². The summed E-state index contributed by atoms with van der Waals surface area (Å²) in [5, 5.41) is 0. The lowest BCUT2D eigenvalue weighted by Gasteiger charge is -2.22. The second-order valence-electron chi connectivity index (χ2n) is 5.68. The van der Waals surface area contributed by atoms with Crippen molar-refractivity contribution in [1.82, 2.24) is 0 Å². The van der Waals surface area contributed by atoms with Gasteiger partial charge in [0, 0.05) is 0 Å². The van der Waals surface area contributed by atoms with Gasteiger partial charge < -0.3 is 4.74 Å². The van der Waals surface area contributed by atoms with Gasteiger partial charge in [-0.05, 0) is 33.1 Å². The Morgan fingerprint density at radius 3 is 2.33 bits per heavy atom. The third-order valence-electron chi connectivity index (χ3n) is 3.10. The van der Waals surface area contributed by atoms with Crippen molar-refractivity contribution in [2.45, 2.75) is 59.3 Å². The molecule has 2 heteroatoms. The van der Waals surface area contributed by atoms with Crippen LogP contribution in [0.3, 0.4) is 0 Å². The number of esters is 1. The fraction of sp³-hybridized carbons (Fsp3) is 0.923. The van der Waals surface area contributed by atoms with Gasteiger partial charge in [-0.25, -0.2) is 0 Å². The lowest BCUT2D eigenvalue weighted by molar-refractivity contribution is -0.153. The van der Waals surface area contributed by atoms with Gasteiger partial charge >= 0.3 is 5.97 Å². The van der Waals surface area contributed by atoms with Gasteiger partial charge in [-0.3, -0.25) is 4.79 Å². The molecule has 1 rings (SSSR count). The van der Waals surface area contributed by atoms with Crippen molar-refractivity contribution in [3.8, 4) is 0 Å². The molecule has 88 valence electrons. The van der Waals surface area contributed by atoms with Crippen molar-refractivity contribution < 1.29 is 9.53 Å². The largest absolute Gasteiger partial charge is 0.465 e. The van der Waals surface area contributed by atoms with Gasteiger partial charge in [0.2, 0.25) is 0 Å². The summed E-state index contributed by atoms with van der Waals surface area (Å²) in [6, 6.07) is 0. The van der Waals surface area contributed by atoms with E-state index in [4.69, 9.17) is 4.74 Å².